The molecular weight excluding hydrogens is 306 g/mol. The summed E-state index contributed by atoms with van der Waals surface area (Å²) < 4.78 is 0.664. The fourth-order valence-electron chi connectivity index (χ4n) is 1.71. The maximum Gasteiger partial charge on any atom is 0.275 e. The van der Waals surface area contributed by atoms with E-state index in [9.17, 15) is 4.79 Å². The molecule has 1 amide bonds. The van der Waals surface area contributed by atoms with Gasteiger partial charge in [-0.15, -0.1) is 0 Å². The van der Waals surface area contributed by atoms with E-state index in [-0.39, 0.29) is 5.91 Å². The van der Waals surface area contributed by atoms with Crippen LogP contribution in [0.25, 0.3) is 0 Å². The zero-order chi connectivity index (χ0) is 14.0. The number of carbonyl (C=O) groups is 1. The number of halogens is 1. The molecule has 0 atom stereocenters. The van der Waals surface area contributed by atoms with Crippen LogP contribution in [0.2, 0.25) is 0 Å². The number of rotatable bonds is 2. The van der Waals surface area contributed by atoms with E-state index in [1.807, 2.05) is 26.0 Å². The minimum atomic E-state index is -0.250. The quantitative estimate of drug-likeness (QED) is 0.834. The number of nitrogens with two attached hydrogens (primary N) is 1. The Bertz CT molecular complexity index is 641. The van der Waals surface area contributed by atoms with E-state index in [1.54, 1.807) is 18.3 Å². The summed E-state index contributed by atoms with van der Waals surface area (Å²) >= 11 is 3.31. The smallest absolute Gasteiger partial charge is 0.275 e. The Kier molecular flexibility index (Phi) is 3.85. The summed E-state index contributed by atoms with van der Waals surface area (Å²) in [6.45, 7) is 3.81. The predicted octanol–water partition coefficient (Wildman–Crippen LogP) is 3.30. The molecule has 4 nitrogen and oxygen atoms in total. The van der Waals surface area contributed by atoms with Crippen LogP contribution in [0.3, 0.4) is 0 Å². The summed E-state index contributed by atoms with van der Waals surface area (Å²) in [5, 5.41) is 2.85. The van der Waals surface area contributed by atoms with Crippen molar-refractivity contribution < 1.29 is 4.79 Å². The van der Waals surface area contributed by atoms with Gasteiger partial charge in [0.05, 0.1) is 0 Å². The van der Waals surface area contributed by atoms with Crippen molar-refractivity contribution in [1.82, 2.24) is 4.98 Å². The van der Waals surface area contributed by atoms with Gasteiger partial charge in [0.1, 0.15) is 5.69 Å². The van der Waals surface area contributed by atoms with Crippen LogP contribution in [0.4, 0.5) is 11.4 Å². The Morgan fingerprint density at radius 3 is 2.74 bits per heavy atom. The third kappa shape index (κ3) is 2.93. The normalized spacial score (nSPS) is 10.3. The summed E-state index contributed by atoms with van der Waals surface area (Å²) in [7, 11) is 0. The number of anilines is 2. The predicted molar refractivity (Wildman–Crippen MR) is 80.2 cm³/mol. The SMILES string of the molecule is Cc1cc(NC(=O)c2ncccc2Br)c(C)cc1N. The minimum Gasteiger partial charge on any atom is -0.399 e. The number of hydrogen-bond acceptors (Lipinski definition) is 3. The van der Waals surface area contributed by atoms with Crippen LogP contribution in [0.1, 0.15) is 21.6 Å². The highest BCUT2D eigenvalue weighted by atomic mass is 79.9. The Labute approximate surface area is 120 Å². The van der Waals surface area contributed by atoms with Crippen LogP contribution >= 0.6 is 15.9 Å². The van der Waals surface area contributed by atoms with Crippen LogP contribution < -0.4 is 11.1 Å². The lowest BCUT2D eigenvalue weighted by molar-refractivity contribution is 0.102. The van der Waals surface area contributed by atoms with Crippen LogP contribution in [-0.4, -0.2) is 10.9 Å². The summed E-state index contributed by atoms with van der Waals surface area (Å²) in [4.78, 5) is 16.2. The standard InChI is InChI=1S/C14H14BrN3O/c1-8-7-12(9(2)6-11(8)16)18-14(19)13-10(15)4-3-5-17-13/h3-7H,16H2,1-2H3,(H,18,19). The Balaban J connectivity index is 2.30. The highest BCUT2D eigenvalue weighted by molar-refractivity contribution is 9.10. The molecule has 0 fully saturated rings. The zero-order valence-corrected chi connectivity index (χ0v) is 12.3. The summed E-state index contributed by atoms with van der Waals surface area (Å²) in [6.07, 6.45) is 1.58. The average molecular weight is 320 g/mol. The minimum absolute atomic E-state index is 0.250. The molecule has 0 aliphatic rings. The second kappa shape index (κ2) is 5.40. The number of carbonyl (C=O) groups excluding carboxylic acids is 1. The first-order chi connectivity index (χ1) is 8.99. The van der Waals surface area contributed by atoms with E-state index in [0.717, 1.165) is 22.5 Å². The lowest BCUT2D eigenvalue weighted by atomic mass is 10.1. The van der Waals surface area contributed by atoms with E-state index < -0.39 is 0 Å². The lowest BCUT2D eigenvalue weighted by Crippen LogP contribution is -2.15. The second-order valence-corrected chi connectivity index (χ2v) is 5.17. The number of pyridine rings is 1. The fourth-order valence-corrected chi connectivity index (χ4v) is 2.14. The van der Waals surface area contributed by atoms with Crippen molar-refractivity contribution in [2.75, 3.05) is 11.1 Å². The summed E-state index contributed by atoms with van der Waals surface area (Å²) in [5.41, 5.74) is 9.49. The van der Waals surface area contributed by atoms with E-state index in [2.05, 4.69) is 26.2 Å². The van der Waals surface area contributed by atoms with Crippen molar-refractivity contribution >= 4 is 33.2 Å². The highest BCUT2D eigenvalue weighted by Gasteiger charge is 2.13. The third-order valence-corrected chi connectivity index (χ3v) is 3.47. The highest BCUT2D eigenvalue weighted by Crippen LogP contribution is 2.23. The van der Waals surface area contributed by atoms with Gasteiger partial charge in [-0.25, -0.2) is 4.98 Å². The molecule has 0 aliphatic carbocycles. The molecule has 0 saturated carbocycles. The Morgan fingerprint density at radius 2 is 2.05 bits per heavy atom. The van der Waals surface area contributed by atoms with Crippen molar-refractivity contribution in [1.29, 1.82) is 0 Å². The molecule has 1 aromatic heterocycles. The molecule has 0 saturated heterocycles. The van der Waals surface area contributed by atoms with Gasteiger partial charge in [-0.05, 0) is 65.2 Å². The summed E-state index contributed by atoms with van der Waals surface area (Å²) in [6, 6.07) is 7.25. The van der Waals surface area contributed by atoms with Gasteiger partial charge in [0.2, 0.25) is 0 Å². The molecule has 0 bridgehead atoms. The largest absolute Gasteiger partial charge is 0.399 e. The Morgan fingerprint density at radius 1 is 1.32 bits per heavy atom. The zero-order valence-electron chi connectivity index (χ0n) is 10.7. The first-order valence-electron chi connectivity index (χ1n) is 5.77. The second-order valence-electron chi connectivity index (χ2n) is 4.31. The number of hydrogen-bond donors (Lipinski definition) is 2. The van der Waals surface area contributed by atoms with Crippen molar-refractivity contribution in [3.8, 4) is 0 Å². The number of nitrogens with one attached hydrogen (secondary N) is 1. The van der Waals surface area contributed by atoms with E-state index >= 15 is 0 Å². The van der Waals surface area contributed by atoms with Gasteiger partial charge >= 0.3 is 0 Å². The van der Waals surface area contributed by atoms with Crippen molar-refractivity contribution in [3.05, 3.63) is 51.8 Å². The van der Waals surface area contributed by atoms with Gasteiger partial charge in [0.25, 0.3) is 5.91 Å². The van der Waals surface area contributed by atoms with Gasteiger partial charge < -0.3 is 11.1 Å². The molecule has 19 heavy (non-hydrogen) atoms. The van der Waals surface area contributed by atoms with Gasteiger partial charge in [0.15, 0.2) is 0 Å². The van der Waals surface area contributed by atoms with Crippen LogP contribution in [0.5, 0.6) is 0 Å². The van der Waals surface area contributed by atoms with Crippen molar-refractivity contribution in [2.24, 2.45) is 0 Å². The van der Waals surface area contributed by atoms with Crippen LogP contribution in [0.15, 0.2) is 34.9 Å². The monoisotopic (exact) mass is 319 g/mol. The maximum absolute atomic E-state index is 12.1. The number of aryl methyl sites for hydroxylation is 2. The summed E-state index contributed by atoms with van der Waals surface area (Å²) in [5.74, 6) is -0.250. The average Bonchev–Trinajstić information content (AvgIpc) is 2.36. The lowest BCUT2D eigenvalue weighted by Gasteiger charge is -2.11. The topological polar surface area (TPSA) is 68.0 Å². The molecule has 1 aromatic carbocycles. The van der Waals surface area contributed by atoms with Gasteiger partial charge in [-0.1, -0.05) is 0 Å². The molecular formula is C14H14BrN3O. The van der Waals surface area contributed by atoms with Gasteiger partial charge in [-0.2, -0.15) is 0 Å². The number of nitrogens with zero attached hydrogens (tertiary/aromatic N) is 1. The van der Waals surface area contributed by atoms with Crippen LogP contribution in [-0.2, 0) is 0 Å². The molecule has 2 aromatic rings. The molecule has 0 unspecified atom stereocenters. The van der Waals surface area contributed by atoms with E-state index in [1.165, 1.54) is 0 Å². The first-order valence-corrected chi connectivity index (χ1v) is 6.57. The van der Waals surface area contributed by atoms with Gasteiger partial charge in [-0.3, -0.25) is 4.79 Å². The molecule has 3 N–H and O–H groups in total. The van der Waals surface area contributed by atoms with E-state index in [0.29, 0.717) is 10.2 Å². The maximum atomic E-state index is 12.1. The third-order valence-electron chi connectivity index (χ3n) is 2.83. The molecule has 0 spiro atoms. The molecule has 5 heteroatoms. The molecule has 0 radical (unpaired) electrons. The van der Waals surface area contributed by atoms with Crippen molar-refractivity contribution in [2.45, 2.75) is 13.8 Å². The fraction of sp³-hybridized carbons (Fsp3) is 0.143. The van der Waals surface area contributed by atoms with Crippen LogP contribution in [0, 0.1) is 13.8 Å². The van der Waals surface area contributed by atoms with Gasteiger partial charge in [0, 0.05) is 22.0 Å². The van der Waals surface area contributed by atoms with Crippen molar-refractivity contribution in [3.63, 3.8) is 0 Å². The Hall–Kier alpha value is -1.88. The molecule has 98 valence electrons. The first kappa shape index (κ1) is 13.5. The number of nitrogen functional groups attached to an aromatic ring is 1. The molecule has 2 rings (SSSR count). The molecule has 0 aliphatic heterocycles. The molecule has 1 heterocycles. The number of benzene rings is 1. The van der Waals surface area contributed by atoms with E-state index in [4.69, 9.17) is 5.73 Å². The number of aromatic nitrogens is 1. The number of amides is 1.